The lowest BCUT2D eigenvalue weighted by atomic mass is 10.1. The second-order valence-electron chi connectivity index (χ2n) is 4.84. The van der Waals surface area contributed by atoms with E-state index in [4.69, 9.17) is 9.57 Å². The SMILES string of the molecule is Cc1cc(C)cc(OCC(=O)NOCC(C)C)c1. The molecule has 1 N–H and O–H groups in total. The monoisotopic (exact) mass is 251 g/mol. The molecule has 1 aromatic carbocycles. The third-order valence-corrected chi connectivity index (χ3v) is 2.17. The maximum Gasteiger partial charge on any atom is 0.281 e. The predicted octanol–water partition coefficient (Wildman–Crippen LogP) is 2.39. The van der Waals surface area contributed by atoms with Crippen LogP contribution in [0.2, 0.25) is 0 Å². The van der Waals surface area contributed by atoms with Gasteiger partial charge in [-0.3, -0.25) is 9.63 Å². The van der Waals surface area contributed by atoms with Gasteiger partial charge in [0.15, 0.2) is 6.61 Å². The van der Waals surface area contributed by atoms with Gasteiger partial charge in [0.2, 0.25) is 0 Å². The Balaban J connectivity index is 2.33. The summed E-state index contributed by atoms with van der Waals surface area (Å²) in [5.41, 5.74) is 4.57. The van der Waals surface area contributed by atoms with Gasteiger partial charge in [-0.15, -0.1) is 0 Å². The summed E-state index contributed by atoms with van der Waals surface area (Å²) in [6, 6.07) is 5.85. The van der Waals surface area contributed by atoms with Gasteiger partial charge in [0.05, 0.1) is 6.61 Å². The number of ether oxygens (including phenoxy) is 1. The molecule has 0 heterocycles. The van der Waals surface area contributed by atoms with Crippen molar-refractivity contribution in [2.24, 2.45) is 5.92 Å². The summed E-state index contributed by atoms with van der Waals surface area (Å²) < 4.78 is 5.39. The number of carbonyl (C=O) groups is 1. The Morgan fingerprint density at radius 2 is 1.83 bits per heavy atom. The quantitative estimate of drug-likeness (QED) is 0.790. The van der Waals surface area contributed by atoms with E-state index in [0.717, 1.165) is 11.1 Å². The molecule has 0 saturated carbocycles. The zero-order chi connectivity index (χ0) is 13.5. The Morgan fingerprint density at radius 3 is 2.39 bits per heavy atom. The van der Waals surface area contributed by atoms with Crippen molar-refractivity contribution in [2.75, 3.05) is 13.2 Å². The third-order valence-electron chi connectivity index (χ3n) is 2.17. The van der Waals surface area contributed by atoms with Crippen molar-refractivity contribution in [2.45, 2.75) is 27.7 Å². The maximum absolute atomic E-state index is 11.4. The summed E-state index contributed by atoms with van der Waals surface area (Å²) >= 11 is 0. The van der Waals surface area contributed by atoms with Crippen LogP contribution >= 0.6 is 0 Å². The van der Waals surface area contributed by atoms with Crippen LogP contribution in [0.1, 0.15) is 25.0 Å². The van der Waals surface area contributed by atoms with Gasteiger partial charge < -0.3 is 4.74 Å². The summed E-state index contributed by atoms with van der Waals surface area (Å²) in [5.74, 6) is 0.798. The van der Waals surface area contributed by atoms with Gasteiger partial charge in [0.1, 0.15) is 5.75 Å². The van der Waals surface area contributed by atoms with Crippen LogP contribution in [-0.4, -0.2) is 19.1 Å². The van der Waals surface area contributed by atoms with Crippen LogP contribution < -0.4 is 10.2 Å². The molecule has 0 radical (unpaired) electrons. The first-order valence-corrected chi connectivity index (χ1v) is 6.09. The Kier molecular flexibility index (Phi) is 5.65. The average Bonchev–Trinajstić information content (AvgIpc) is 2.24. The fraction of sp³-hybridized carbons (Fsp3) is 0.500. The molecular weight excluding hydrogens is 230 g/mol. The number of aryl methyl sites for hydroxylation is 2. The minimum atomic E-state index is -0.283. The van der Waals surface area contributed by atoms with E-state index in [-0.39, 0.29) is 12.5 Å². The van der Waals surface area contributed by atoms with Crippen LogP contribution in [-0.2, 0) is 9.63 Å². The normalized spacial score (nSPS) is 10.5. The number of hydrogen-bond donors (Lipinski definition) is 1. The molecule has 0 bridgehead atoms. The summed E-state index contributed by atoms with van der Waals surface area (Å²) in [6.07, 6.45) is 0. The van der Waals surface area contributed by atoms with E-state index in [1.807, 2.05) is 39.8 Å². The van der Waals surface area contributed by atoms with E-state index >= 15 is 0 Å². The zero-order valence-electron chi connectivity index (χ0n) is 11.4. The molecule has 100 valence electrons. The molecule has 0 fully saturated rings. The van der Waals surface area contributed by atoms with Gasteiger partial charge >= 0.3 is 0 Å². The van der Waals surface area contributed by atoms with E-state index in [0.29, 0.717) is 18.3 Å². The molecule has 0 spiro atoms. The molecule has 4 heteroatoms. The van der Waals surface area contributed by atoms with Crippen molar-refractivity contribution in [1.82, 2.24) is 5.48 Å². The summed E-state index contributed by atoms with van der Waals surface area (Å²) in [7, 11) is 0. The maximum atomic E-state index is 11.4. The molecule has 18 heavy (non-hydrogen) atoms. The van der Waals surface area contributed by atoms with Crippen LogP contribution in [0.15, 0.2) is 18.2 Å². The first-order chi connectivity index (χ1) is 8.47. The lowest BCUT2D eigenvalue weighted by molar-refractivity contribution is -0.136. The van der Waals surface area contributed by atoms with Gasteiger partial charge in [-0.05, 0) is 43.0 Å². The van der Waals surface area contributed by atoms with Crippen molar-refractivity contribution in [3.63, 3.8) is 0 Å². The number of amides is 1. The van der Waals surface area contributed by atoms with E-state index in [9.17, 15) is 4.79 Å². The van der Waals surface area contributed by atoms with E-state index in [1.54, 1.807) is 0 Å². The summed E-state index contributed by atoms with van der Waals surface area (Å²) in [6.45, 7) is 8.46. The minimum Gasteiger partial charge on any atom is -0.484 e. The van der Waals surface area contributed by atoms with Crippen molar-refractivity contribution < 1.29 is 14.4 Å². The van der Waals surface area contributed by atoms with Crippen LogP contribution in [0.4, 0.5) is 0 Å². The van der Waals surface area contributed by atoms with Crippen LogP contribution in [0.5, 0.6) is 5.75 Å². The van der Waals surface area contributed by atoms with E-state index in [2.05, 4.69) is 11.5 Å². The number of hydrogen-bond acceptors (Lipinski definition) is 3. The highest BCUT2D eigenvalue weighted by Gasteiger charge is 2.04. The molecule has 1 amide bonds. The van der Waals surface area contributed by atoms with Gasteiger partial charge in [0, 0.05) is 0 Å². The largest absolute Gasteiger partial charge is 0.484 e. The molecule has 0 atom stereocenters. The van der Waals surface area contributed by atoms with Crippen LogP contribution in [0.3, 0.4) is 0 Å². The van der Waals surface area contributed by atoms with Gasteiger partial charge in [-0.2, -0.15) is 0 Å². The molecule has 1 rings (SSSR count). The highest BCUT2D eigenvalue weighted by Crippen LogP contribution is 2.15. The topological polar surface area (TPSA) is 47.6 Å². The lowest BCUT2D eigenvalue weighted by Gasteiger charge is -2.10. The molecule has 0 aromatic heterocycles. The lowest BCUT2D eigenvalue weighted by Crippen LogP contribution is -2.30. The second kappa shape index (κ2) is 7.01. The number of rotatable bonds is 6. The summed E-state index contributed by atoms with van der Waals surface area (Å²) in [4.78, 5) is 16.4. The van der Waals surface area contributed by atoms with E-state index in [1.165, 1.54) is 0 Å². The molecular formula is C14H21NO3. The van der Waals surface area contributed by atoms with Crippen molar-refractivity contribution >= 4 is 5.91 Å². The minimum absolute atomic E-state index is 0.0407. The second-order valence-corrected chi connectivity index (χ2v) is 4.84. The van der Waals surface area contributed by atoms with Crippen LogP contribution in [0, 0.1) is 19.8 Å². The van der Waals surface area contributed by atoms with Gasteiger partial charge in [-0.25, -0.2) is 5.48 Å². The molecule has 0 saturated heterocycles. The van der Waals surface area contributed by atoms with Crippen LogP contribution in [0.25, 0.3) is 0 Å². The van der Waals surface area contributed by atoms with Crippen molar-refractivity contribution in [3.05, 3.63) is 29.3 Å². The first-order valence-electron chi connectivity index (χ1n) is 6.09. The number of carbonyl (C=O) groups excluding carboxylic acids is 1. The smallest absolute Gasteiger partial charge is 0.281 e. The Bertz CT molecular complexity index is 382. The highest BCUT2D eigenvalue weighted by molar-refractivity contribution is 5.76. The number of hydroxylamine groups is 1. The fourth-order valence-corrected chi connectivity index (χ4v) is 1.48. The molecule has 0 aliphatic rings. The highest BCUT2D eigenvalue weighted by atomic mass is 16.7. The Morgan fingerprint density at radius 1 is 1.22 bits per heavy atom. The number of nitrogens with one attached hydrogen (secondary N) is 1. The van der Waals surface area contributed by atoms with Crippen molar-refractivity contribution in [1.29, 1.82) is 0 Å². The standard InChI is InChI=1S/C14H21NO3/c1-10(2)8-18-15-14(16)9-17-13-6-11(3)5-12(4)7-13/h5-7,10H,8-9H2,1-4H3,(H,15,16). The van der Waals surface area contributed by atoms with E-state index < -0.39 is 0 Å². The summed E-state index contributed by atoms with van der Waals surface area (Å²) in [5, 5.41) is 0. The van der Waals surface area contributed by atoms with Gasteiger partial charge in [-0.1, -0.05) is 19.9 Å². The van der Waals surface area contributed by atoms with Crippen molar-refractivity contribution in [3.8, 4) is 5.75 Å². The number of benzene rings is 1. The molecule has 0 unspecified atom stereocenters. The molecule has 1 aromatic rings. The first kappa shape index (κ1) is 14.5. The predicted molar refractivity (Wildman–Crippen MR) is 70.3 cm³/mol. The molecule has 4 nitrogen and oxygen atoms in total. The molecule has 0 aliphatic heterocycles. The Hall–Kier alpha value is -1.55. The average molecular weight is 251 g/mol. The fourth-order valence-electron chi connectivity index (χ4n) is 1.48. The third kappa shape index (κ3) is 5.68. The molecule has 0 aliphatic carbocycles. The zero-order valence-corrected chi connectivity index (χ0v) is 11.4. The Labute approximate surface area is 108 Å². The van der Waals surface area contributed by atoms with Gasteiger partial charge in [0.25, 0.3) is 5.91 Å².